The van der Waals surface area contributed by atoms with Gasteiger partial charge < -0.3 is 5.11 Å². The molecule has 0 spiro atoms. The van der Waals surface area contributed by atoms with Crippen LogP contribution in [-0.4, -0.2) is 20.7 Å². The van der Waals surface area contributed by atoms with Crippen LogP contribution in [-0.2, 0) is 6.54 Å². The van der Waals surface area contributed by atoms with E-state index in [4.69, 9.17) is 0 Å². The molecule has 0 atom stereocenters. The molecule has 114 valence electrons. The third-order valence-electron chi connectivity index (χ3n) is 3.42. The van der Waals surface area contributed by atoms with Crippen LogP contribution in [0, 0.1) is 0 Å². The second kappa shape index (κ2) is 6.75. The van der Waals surface area contributed by atoms with Gasteiger partial charge in [-0.05, 0) is 42.0 Å². The van der Waals surface area contributed by atoms with Crippen LogP contribution in [0.1, 0.15) is 21.5 Å². The van der Waals surface area contributed by atoms with Crippen LogP contribution in [0.4, 0.5) is 0 Å². The van der Waals surface area contributed by atoms with Crippen LogP contribution in [0.2, 0.25) is 0 Å². The highest BCUT2D eigenvalue weighted by atomic mass is 16.3. The van der Waals surface area contributed by atoms with Crippen molar-refractivity contribution in [1.29, 1.82) is 0 Å². The summed E-state index contributed by atoms with van der Waals surface area (Å²) in [6.07, 6.45) is 6.87. The van der Waals surface area contributed by atoms with E-state index in [1.807, 2.05) is 41.2 Å². The molecule has 3 rings (SSSR count). The Kier molecular flexibility index (Phi) is 4.34. The average molecular weight is 304 g/mol. The average Bonchev–Trinajstić information content (AvgIpc) is 3.02. The number of rotatable bonds is 5. The molecule has 1 aromatic heterocycles. The van der Waals surface area contributed by atoms with E-state index in [1.165, 1.54) is 23.8 Å². The number of phenols is 1. The van der Waals surface area contributed by atoms with E-state index in [0.717, 1.165) is 5.56 Å². The van der Waals surface area contributed by atoms with Crippen molar-refractivity contribution in [3.8, 4) is 5.75 Å². The van der Waals surface area contributed by atoms with Gasteiger partial charge in [-0.2, -0.15) is 5.10 Å². The third kappa shape index (κ3) is 3.95. The second-order valence-corrected chi connectivity index (χ2v) is 5.20. The molecule has 23 heavy (non-hydrogen) atoms. The van der Waals surface area contributed by atoms with Gasteiger partial charge in [0, 0.05) is 17.3 Å². The Labute approximate surface area is 134 Å². The lowest BCUT2D eigenvalue weighted by molar-refractivity contribution is 0.104. The van der Waals surface area contributed by atoms with Gasteiger partial charge >= 0.3 is 0 Å². The first-order chi connectivity index (χ1) is 11.2. The maximum atomic E-state index is 12.0. The first kappa shape index (κ1) is 14.8. The Hall–Kier alpha value is -3.14. The molecule has 3 aromatic rings. The summed E-state index contributed by atoms with van der Waals surface area (Å²) >= 11 is 0. The smallest absolute Gasteiger partial charge is 0.185 e. The summed E-state index contributed by atoms with van der Waals surface area (Å²) in [5, 5.41) is 13.5. The molecule has 0 aliphatic heterocycles. The minimum absolute atomic E-state index is 0.110. The van der Waals surface area contributed by atoms with Crippen molar-refractivity contribution in [1.82, 2.24) is 9.78 Å². The lowest BCUT2D eigenvalue weighted by Gasteiger charge is -2.00. The summed E-state index contributed by atoms with van der Waals surface area (Å²) in [7, 11) is 0. The summed E-state index contributed by atoms with van der Waals surface area (Å²) in [5.41, 5.74) is 2.58. The van der Waals surface area contributed by atoms with Crippen molar-refractivity contribution < 1.29 is 9.90 Å². The molecule has 0 aliphatic carbocycles. The van der Waals surface area contributed by atoms with Crippen molar-refractivity contribution in [2.24, 2.45) is 0 Å². The van der Waals surface area contributed by atoms with Crippen molar-refractivity contribution in [2.45, 2.75) is 6.54 Å². The summed E-state index contributed by atoms with van der Waals surface area (Å²) in [4.78, 5) is 12.0. The van der Waals surface area contributed by atoms with E-state index < -0.39 is 0 Å². The molecule has 0 saturated heterocycles. The normalized spacial score (nSPS) is 11.0. The van der Waals surface area contributed by atoms with Crippen LogP contribution in [0.15, 0.2) is 73.1 Å². The van der Waals surface area contributed by atoms with Gasteiger partial charge in [0.25, 0.3) is 0 Å². The molecule has 4 nitrogen and oxygen atoms in total. The first-order valence-electron chi connectivity index (χ1n) is 7.28. The fraction of sp³-hybridized carbons (Fsp3) is 0.0526. The molecule has 0 amide bonds. The Bertz CT molecular complexity index is 818. The van der Waals surface area contributed by atoms with Crippen molar-refractivity contribution in [3.05, 3.63) is 89.8 Å². The number of carbonyl (C=O) groups is 1. The zero-order valence-corrected chi connectivity index (χ0v) is 12.5. The fourth-order valence-corrected chi connectivity index (χ4v) is 2.22. The first-order valence-corrected chi connectivity index (χ1v) is 7.28. The van der Waals surface area contributed by atoms with Crippen LogP contribution in [0.25, 0.3) is 6.08 Å². The molecule has 0 bridgehead atoms. The number of nitrogens with zero attached hydrogens (tertiary/aromatic N) is 2. The second-order valence-electron chi connectivity index (χ2n) is 5.20. The number of ketones is 1. The number of aromatic hydroxyl groups is 1. The van der Waals surface area contributed by atoms with Crippen molar-refractivity contribution >= 4 is 11.9 Å². The number of aromatic nitrogens is 2. The maximum Gasteiger partial charge on any atom is 0.185 e. The number of carbonyl (C=O) groups excluding carboxylic acids is 1. The highest BCUT2D eigenvalue weighted by Crippen LogP contribution is 2.11. The minimum atomic E-state index is -0.110. The molecule has 2 aromatic carbocycles. The fourth-order valence-electron chi connectivity index (χ4n) is 2.22. The zero-order valence-electron chi connectivity index (χ0n) is 12.5. The number of allylic oxidation sites excluding steroid dienone is 1. The van der Waals surface area contributed by atoms with E-state index >= 15 is 0 Å². The Morgan fingerprint density at radius 3 is 2.57 bits per heavy atom. The summed E-state index contributed by atoms with van der Waals surface area (Å²) in [5.74, 6) is 0.0357. The number of phenolic OH excluding ortho intramolecular Hbond substituents is 1. The predicted octanol–water partition coefficient (Wildman–Crippen LogP) is 3.53. The van der Waals surface area contributed by atoms with E-state index in [-0.39, 0.29) is 11.5 Å². The largest absolute Gasteiger partial charge is 0.508 e. The van der Waals surface area contributed by atoms with Crippen molar-refractivity contribution in [3.63, 3.8) is 0 Å². The molecular formula is C19H16N2O2. The monoisotopic (exact) mass is 304 g/mol. The molecule has 4 heteroatoms. The van der Waals surface area contributed by atoms with E-state index in [1.54, 1.807) is 24.4 Å². The molecule has 0 aliphatic rings. The number of benzene rings is 2. The van der Waals surface area contributed by atoms with E-state index in [2.05, 4.69) is 5.10 Å². The lowest BCUT2D eigenvalue weighted by Crippen LogP contribution is -1.99. The summed E-state index contributed by atoms with van der Waals surface area (Å²) < 4.78 is 1.83. The standard InChI is InChI=1S/C19H16N2O2/c22-18-9-7-17(8-10-18)19(23)11-6-16-12-20-21(14-16)13-15-4-2-1-3-5-15/h1-12,14,22H,13H2. The lowest BCUT2D eigenvalue weighted by atomic mass is 10.1. The van der Waals surface area contributed by atoms with Gasteiger partial charge in [-0.15, -0.1) is 0 Å². The molecule has 0 fully saturated rings. The van der Waals surface area contributed by atoms with Crippen LogP contribution < -0.4 is 0 Å². The quantitative estimate of drug-likeness (QED) is 0.579. The third-order valence-corrected chi connectivity index (χ3v) is 3.42. The van der Waals surface area contributed by atoms with Gasteiger partial charge in [0.15, 0.2) is 5.78 Å². The topological polar surface area (TPSA) is 55.1 Å². The molecule has 0 radical (unpaired) electrons. The summed E-state index contributed by atoms with van der Waals surface area (Å²) in [6, 6.07) is 16.3. The van der Waals surface area contributed by atoms with Gasteiger partial charge in [0.2, 0.25) is 0 Å². The van der Waals surface area contributed by atoms with Gasteiger partial charge in [-0.3, -0.25) is 9.48 Å². The molecule has 1 heterocycles. The highest BCUT2D eigenvalue weighted by molar-refractivity contribution is 6.06. The summed E-state index contributed by atoms with van der Waals surface area (Å²) in [6.45, 7) is 0.695. The minimum Gasteiger partial charge on any atom is -0.508 e. The van der Waals surface area contributed by atoms with Gasteiger partial charge in [0.1, 0.15) is 5.75 Å². The van der Waals surface area contributed by atoms with E-state index in [9.17, 15) is 9.90 Å². The molecule has 0 saturated carbocycles. The molecule has 0 unspecified atom stereocenters. The molecule has 1 N–H and O–H groups in total. The van der Waals surface area contributed by atoms with E-state index in [0.29, 0.717) is 12.1 Å². The van der Waals surface area contributed by atoms with Gasteiger partial charge in [-0.1, -0.05) is 30.3 Å². The molecular weight excluding hydrogens is 288 g/mol. The van der Waals surface area contributed by atoms with Gasteiger partial charge in [-0.25, -0.2) is 0 Å². The Balaban J connectivity index is 1.66. The number of hydrogen-bond acceptors (Lipinski definition) is 3. The van der Waals surface area contributed by atoms with Crippen LogP contribution in [0.5, 0.6) is 5.75 Å². The SMILES string of the molecule is O=C(C=Cc1cnn(Cc2ccccc2)c1)c1ccc(O)cc1. The maximum absolute atomic E-state index is 12.0. The zero-order chi connectivity index (χ0) is 16.1. The predicted molar refractivity (Wildman–Crippen MR) is 89.2 cm³/mol. The highest BCUT2D eigenvalue weighted by Gasteiger charge is 2.02. The van der Waals surface area contributed by atoms with Crippen molar-refractivity contribution in [2.75, 3.05) is 0 Å². The van der Waals surface area contributed by atoms with Crippen LogP contribution >= 0.6 is 0 Å². The Morgan fingerprint density at radius 1 is 1.09 bits per heavy atom. The number of hydrogen-bond donors (Lipinski definition) is 1. The van der Waals surface area contributed by atoms with Crippen LogP contribution in [0.3, 0.4) is 0 Å². The Morgan fingerprint density at radius 2 is 1.83 bits per heavy atom. The van der Waals surface area contributed by atoms with Gasteiger partial charge in [0.05, 0.1) is 12.7 Å².